The van der Waals surface area contributed by atoms with Crippen LogP contribution in [0.15, 0.2) is 30.5 Å². The van der Waals surface area contributed by atoms with Gasteiger partial charge in [0.1, 0.15) is 0 Å². The first-order chi connectivity index (χ1) is 7.47. The lowest BCUT2D eigenvalue weighted by Gasteiger charge is -2.04. The van der Waals surface area contributed by atoms with Crippen molar-refractivity contribution in [1.82, 2.24) is 10.1 Å². The minimum atomic E-state index is -4.55. The third-order valence-corrected chi connectivity index (χ3v) is 2.58. The van der Waals surface area contributed by atoms with Gasteiger partial charge in [0.05, 0.1) is 5.56 Å². The zero-order chi connectivity index (χ0) is 11.8. The maximum Gasteiger partial charge on any atom is 0.430 e. The summed E-state index contributed by atoms with van der Waals surface area (Å²) in [6.07, 6.45) is 1.41. The Balaban J connectivity index is 2.41. The second-order valence-electron chi connectivity index (χ2n) is 3.23. The van der Waals surface area contributed by atoms with Crippen molar-refractivity contribution in [2.45, 2.75) is 0 Å². The molecule has 0 saturated heterocycles. The molecular formula is C9H9N2O4P. The largest absolute Gasteiger partial charge is 0.430 e. The number of rotatable bonds is 2. The second-order valence-corrected chi connectivity index (χ2v) is 4.54. The van der Waals surface area contributed by atoms with E-state index in [1.807, 2.05) is 0 Å². The molecule has 84 valence electrons. The molecule has 0 radical (unpaired) electrons. The Morgan fingerprint density at radius 3 is 2.69 bits per heavy atom. The molecule has 2 aromatic rings. The number of amides is 1. The maximum absolute atomic E-state index is 11.5. The Morgan fingerprint density at radius 2 is 2.00 bits per heavy atom. The van der Waals surface area contributed by atoms with Crippen LogP contribution in [0.3, 0.4) is 0 Å². The molecule has 0 aliphatic rings. The van der Waals surface area contributed by atoms with E-state index in [9.17, 15) is 9.36 Å². The molecule has 1 amide bonds. The van der Waals surface area contributed by atoms with Crippen LogP contribution in [0.1, 0.15) is 10.4 Å². The summed E-state index contributed by atoms with van der Waals surface area (Å²) in [5, 5.41) is 2.24. The number of para-hydroxylation sites is 1. The predicted octanol–water partition coefficient (Wildman–Crippen LogP) is 0.990. The third-order valence-electron chi connectivity index (χ3n) is 2.08. The van der Waals surface area contributed by atoms with Crippen LogP contribution in [0, 0.1) is 0 Å². The van der Waals surface area contributed by atoms with Gasteiger partial charge in [-0.1, -0.05) is 18.2 Å². The summed E-state index contributed by atoms with van der Waals surface area (Å²) in [7, 11) is -4.55. The highest BCUT2D eigenvalue weighted by Gasteiger charge is 2.20. The highest BCUT2D eigenvalue weighted by Crippen LogP contribution is 2.29. The zero-order valence-corrected chi connectivity index (χ0v) is 8.94. The van der Waals surface area contributed by atoms with Crippen molar-refractivity contribution in [2.24, 2.45) is 0 Å². The zero-order valence-electron chi connectivity index (χ0n) is 8.04. The molecule has 1 heterocycles. The summed E-state index contributed by atoms with van der Waals surface area (Å²) in [5.41, 5.74) is 0.942. The lowest BCUT2D eigenvalue weighted by molar-refractivity contribution is 0.0973. The van der Waals surface area contributed by atoms with E-state index in [-0.39, 0.29) is 5.56 Å². The molecule has 4 N–H and O–H groups in total. The molecule has 0 aliphatic carbocycles. The van der Waals surface area contributed by atoms with Crippen molar-refractivity contribution >= 4 is 24.6 Å². The molecule has 2 rings (SSSR count). The van der Waals surface area contributed by atoms with E-state index in [1.54, 1.807) is 29.4 Å². The standard InChI is InChI=1S/C9H9N2O4P/c12-9(11-16(13,14)15)7-5-10-8-4-2-1-3-6(7)8/h1-5,10H,(H3,11,12,13,14,15). The lowest BCUT2D eigenvalue weighted by atomic mass is 10.2. The minimum absolute atomic E-state index is 0.207. The molecule has 0 atom stereocenters. The van der Waals surface area contributed by atoms with Gasteiger partial charge in [-0.15, -0.1) is 0 Å². The summed E-state index contributed by atoms with van der Waals surface area (Å²) >= 11 is 0. The van der Waals surface area contributed by atoms with Crippen LogP contribution in [0.4, 0.5) is 0 Å². The van der Waals surface area contributed by atoms with Gasteiger partial charge >= 0.3 is 7.75 Å². The average Bonchev–Trinajstić information content (AvgIpc) is 2.58. The molecule has 6 nitrogen and oxygen atoms in total. The quantitative estimate of drug-likeness (QED) is 0.588. The van der Waals surface area contributed by atoms with Crippen LogP contribution >= 0.6 is 7.75 Å². The number of hydrogen-bond donors (Lipinski definition) is 4. The number of aromatic nitrogens is 1. The SMILES string of the molecule is O=C(NP(=O)(O)O)c1c[nH]c2ccccc12. The van der Waals surface area contributed by atoms with Crippen molar-refractivity contribution < 1.29 is 19.1 Å². The molecule has 16 heavy (non-hydrogen) atoms. The van der Waals surface area contributed by atoms with E-state index in [1.165, 1.54) is 6.20 Å². The Labute approximate surface area is 90.5 Å². The van der Waals surface area contributed by atoms with E-state index in [4.69, 9.17) is 9.79 Å². The van der Waals surface area contributed by atoms with Crippen molar-refractivity contribution in [3.8, 4) is 0 Å². The monoisotopic (exact) mass is 240 g/mol. The van der Waals surface area contributed by atoms with Crippen LogP contribution in [0.5, 0.6) is 0 Å². The van der Waals surface area contributed by atoms with E-state index in [0.717, 1.165) is 5.52 Å². The Morgan fingerprint density at radius 1 is 1.31 bits per heavy atom. The summed E-state index contributed by atoms with van der Waals surface area (Å²) in [6, 6.07) is 7.00. The summed E-state index contributed by atoms with van der Waals surface area (Å²) < 4.78 is 10.6. The molecule has 0 aliphatic heterocycles. The molecular weight excluding hydrogens is 231 g/mol. The number of carbonyl (C=O) groups is 1. The van der Waals surface area contributed by atoms with Crippen molar-refractivity contribution in [2.75, 3.05) is 0 Å². The van der Waals surface area contributed by atoms with Crippen LogP contribution in [0.2, 0.25) is 0 Å². The number of benzene rings is 1. The van der Waals surface area contributed by atoms with E-state index >= 15 is 0 Å². The van der Waals surface area contributed by atoms with Crippen molar-refractivity contribution in [1.29, 1.82) is 0 Å². The predicted molar refractivity (Wildman–Crippen MR) is 57.8 cm³/mol. The fourth-order valence-corrected chi connectivity index (χ4v) is 1.84. The second kappa shape index (κ2) is 3.75. The van der Waals surface area contributed by atoms with Gasteiger partial charge in [-0.25, -0.2) is 4.57 Å². The van der Waals surface area contributed by atoms with Crippen LogP contribution in [0.25, 0.3) is 10.9 Å². The van der Waals surface area contributed by atoms with Gasteiger partial charge in [-0.3, -0.25) is 9.88 Å². The molecule has 0 saturated carbocycles. The Hall–Kier alpha value is -1.62. The highest BCUT2D eigenvalue weighted by molar-refractivity contribution is 7.50. The van der Waals surface area contributed by atoms with E-state index in [2.05, 4.69) is 4.98 Å². The normalized spacial score (nSPS) is 11.6. The first-order valence-corrected chi connectivity index (χ1v) is 6.03. The van der Waals surface area contributed by atoms with E-state index in [0.29, 0.717) is 5.39 Å². The number of H-pyrrole nitrogens is 1. The van der Waals surface area contributed by atoms with Gasteiger partial charge in [-0.05, 0) is 6.07 Å². The van der Waals surface area contributed by atoms with Gasteiger partial charge in [0.25, 0.3) is 5.91 Å². The average molecular weight is 240 g/mol. The lowest BCUT2D eigenvalue weighted by Crippen LogP contribution is -2.19. The number of hydrogen-bond acceptors (Lipinski definition) is 2. The van der Waals surface area contributed by atoms with Gasteiger partial charge in [-0.2, -0.15) is 0 Å². The van der Waals surface area contributed by atoms with Gasteiger partial charge in [0.2, 0.25) is 0 Å². The fraction of sp³-hybridized carbons (Fsp3) is 0. The summed E-state index contributed by atoms with van der Waals surface area (Å²) in [5.74, 6) is -0.800. The first-order valence-electron chi connectivity index (χ1n) is 4.42. The molecule has 1 aromatic carbocycles. The number of nitrogens with one attached hydrogen (secondary N) is 2. The van der Waals surface area contributed by atoms with Gasteiger partial charge in [0, 0.05) is 17.1 Å². The topological polar surface area (TPSA) is 102 Å². The van der Waals surface area contributed by atoms with E-state index < -0.39 is 13.7 Å². The third kappa shape index (κ3) is 2.14. The molecule has 0 bridgehead atoms. The maximum atomic E-state index is 11.5. The first kappa shape index (κ1) is 10.9. The highest BCUT2D eigenvalue weighted by atomic mass is 31.2. The summed E-state index contributed by atoms with van der Waals surface area (Å²) in [4.78, 5) is 31.6. The number of fused-ring (bicyclic) bond motifs is 1. The van der Waals surface area contributed by atoms with Crippen molar-refractivity contribution in [3.05, 3.63) is 36.0 Å². The van der Waals surface area contributed by atoms with Gasteiger partial charge < -0.3 is 14.8 Å². The number of aromatic amines is 1. The van der Waals surface area contributed by atoms with Crippen molar-refractivity contribution in [3.63, 3.8) is 0 Å². The molecule has 0 spiro atoms. The molecule has 1 aromatic heterocycles. The van der Waals surface area contributed by atoms with Crippen LogP contribution < -0.4 is 5.09 Å². The number of carbonyl (C=O) groups excluding carboxylic acids is 1. The molecule has 7 heteroatoms. The minimum Gasteiger partial charge on any atom is -0.360 e. The fourth-order valence-electron chi connectivity index (χ4n) is 1.45. The Kier molecular flexibility index (Phi) is 2.55. The molecule has 0 fully saturated rings. The summed E-state index contributed by atoms with van der Waals surface area (Å²) in [6.45, 7) is 0. The van der Waals surface area contributed by atoms with Crippen LogP contribution in [-0.2, 0) is 4.57 Å². The molecule has 0 unspecified atom stereocenters. The smallest absolute Gasteiger partial charge is 0.360 e. The van der Waals surface area contributed by atoms with Crippen LogP contribution in [-0.4, -0.2) is 20.7 Å². The van der Waals surface area contributed by atoms with Gasteiger partial charge in [0.15, 0.2) is 0 Å². The Bertz CT molecular complexity index is 586.